The van der Waals surface area contributed by atoms with Gasteiger partial charge in [0, 0.05) is 19.1 Å². The normalized spacial score (nSPS) is 25.0. The molecule has 1 amide bonds. The van der Waals surface area contributed by atoms with Gasteiger partial charge in [0.05, 0.1) is 12.6 Å². The Morgan fingerprint density at radius 2 is 2.11 bits per heavy atom. The van der Waals surface area contributed by atoms with E-state index in [1.54, 1.807) is 0 Å². The number of ether oxygens (including phenoxy) is 1. The van der Waals surface area contributed by atoms with Crippen LogP contribution in [-0.4, -0.2) is 36.7 Å². The molecule has 1 N–H and O–H groups in total. The fraction of sp³-hybridized carbons (Fsp3) is 0.533. The molecule has 0 unspecified atom stereocenters. The van der Waals surface area contributed by atoms with Crippen LogP contribution in [0, 0.1) is 0 Å². The van der Waals surface area contributed by atoms with Crippen molar-refractivity contribution in [1.29, 1.82) is 0 Å². The summed E-state index contributed by atoms with van der Waals surface area (Å²) in [5.74, 6) is 0. The molecule has 0 aliphatic carbocycles. The third-order valence-electron chi connectivity index (χ3n) is 3.92. The predicted molar refractivity (Wildman–Crippen MR) is 75.0 cm³/mol. The number of methoxy groups -OCH3 is 1. The van der Waals surface area contributed by atoms with E-state index in [2.05, 4.69) is 53.1 Å². The van der Waals surface area contributed by atoms with Crippen molar-refractivity contribution in [2.45, 2.75) is 31.8 Å². The van der Waals surface area contributed by atoms with Gasteiger partial charge in [-0.3, -0.25) is 4.90 Å². The fourth-order valence-corrected chi connectivity index (χ4v) is 2.67. The Bertz CT molecular complexity index is 435. The second-order valence-corrected chi connectivity index (χ2v) is 5.48. The zero-order valence-corrected chi connectivity index (χ0v) is 11.8. The molecule has 0 saturated carbocycles. The highest BCUT2D eigenvalue weighted by Crippen LogP contribution is 2.29. The summed E-state index contributed by atoms with van der Waals surface area (Å²) in [6, 6.07) is 10.8. The summed E-state index contributed by atoms with van der Waals surface area (Å²) >= 11 is 0. The van der Waals surface area contributed by atoms with Crippen LogP contribution in [0.1, 0.15) is 31.9 Å². The summed E-state index contributed by atoms with van der Waals surface area (Å²) in [6.07, 6.45) is 0.593. The van der Waals surface area contributed by atoms with Gasteiger partial charge in [-0.05, 0) is 25.8 Å². The largest absolute Gasteiger partial charge is 0.453 e. The number of benzene rings is 1. The van der Waals surface area contributed by atoms with Gasteiger partial charge >= 0.3 is 6.09 Å². The predicted octanol–water partition coefficient (Wildman–Crippen LogP) is 2.57. The lowest BCUT2D eigenvalue weighted by atomic mass is 10.0. The van der Waals surface area contributed by atoms with E-state index in [4.69, 9.17) is 0 Å². The SMILES string of the molecule is COC(=O)N[C@@]1(C)CCN([C@H](C)c2ccccc2)C1. The molecule has 4 nitrogen and oxygen atoms in total. The van der Waals surface area contributed by atoms with Gasteiger partial charge in [0.2, 0.25) is 0 Å². The second kappa shape index (κ2) is 5.61. The molecule has 1 aliphatic heterocycles. The molecule has 1 aromatic carbocycles. The van der Waals surface area contributed by atoms with Crippen molar-refractivity contribution in [2.75, 3.05) is 20.2 Å². The standard InChI is InChI=1S/C15H22N2O2/c1-12(13-7-5-4-6-8-13)17-10-9-15(2,11-17)16-14(18)19-3/h4-8,12H,9-11H2,1-3H3,(H,16,18)/t12-,15+/m1/s1. The maximum Gasteiger partial charge on any atom is 0.407 e. The van der Waals surface area contributed by atoms with Crippen LogP contribution in [0.3, 0.4) is 0 Å². The lowest BCUT2D eigenvalue weighted by Crippen LogP contribution is -2.48. The topological polar surface area (TPSA) is 41.6 Å². The molecule has 104 valence electrons. The minimum atomic E-state index is -0.350. The lowest BCUT2D eigenvalue weighted by Gasteiger charge is -2.28. The summed E-state index contributed by atoms with van der Waals surface area (Å²) in [4.78, 5) is 13.8. The minimum Gasteiger partial charge on any atom is -0.453 e. The van der Waals surface area contributed by atoms with E-state index < -0.39 is 0 Å². The first kappa shape index (κ1) is 13.9. The monoisotopic (exact) mass is 262 g/mol. The molecule has 1 saturated heterocycles. The highest BCUT2D eigenvalue weighted by Gasteiger charge is 2.37. The fourth-order valence-electron chi connectivity index (χ4n) is 2.67. The summed E-state index contributed by atoms with van der Waals surface area (Å²) in [6.45, 7) is 6.11. The number of carbonyl (C=O) groups excluding carboxylic acids is 1. The molecule has 0 aromatic heterocycles. The molecule has 1 fully saturated rings. The Morgan fingerprint density at radius 3 is 2.74 bits per heavy atom. The van der Waals surface area contributed by atoms with Crippen LogP contribution in [0.5, 0.6) is 0 Å². The molecule has 0 radical (unpaired) electrons. The molecular weight excluding hydrogens is 240 g/mol. The van der Waals surface area contributed by atoms with Crippen molar-refractivity contribution in [1.82, 2.24) is 10.2 Å². The number of likely N-dealkylation sites (tertiary alicyclic amines) is 1. The first-order chi connectivity index (χ1) is 9.04. The van der Waals surface area contributed by atoms with Crippen molar-refractivity contribution in [2.24, 2.45) is 0 Å². The summed E-state index contributed by atoms with van der Waals surface area (Å²) in [5, 5.41) is 2.94. The van der Waals surface area contributed by atoms with E-state index >= 15 is 0 Å². The van der Waals surface area contributed by atoms with E-state index in [0.29, 0.717) is 6.04 Å². The first-order valence-electron chi connectivity index (χ1n) is 6.69. The number of hydrogen-bond acceptors (Lipinski definition) is 3. The molecule has 0 spiro atoms. The number of nitrogens with zero attached hydrogens (tertiary/aromatic N) is 1. The molecule has 1 aliphatic rings. The van der Waals surface area contributed by atoms with Crippen LogP contribution < -0.4 is 5.32 Å². The third kappa shape index (κ3) is 3.26. The van der Waals surface area contributed by atoms with Gasteiger partial charge in [-0.1, -0.05) is 30.3 Å². The molecule has 1 aromatic rings. The van der Waals surface area contributed by atoms with Crippen LogP contribution in [0.25, 0.3) is 0 Å². The number of carbonyl (C=O) groups is 1. The van der Waals surface area contributed by atoms with Gasteiger partial charge in [0.15, 0.2) is 0 Å². The second-order valence-electron chi connectivity index (χ2n) is 5.48. The van der Waals surface area contributed by atoms with E-state index in [1.807, 2.05) is 6.07 Å². The summed E-state index contributed by atoms with van der Waals surface area (Å²) in [7, 11) is 1.40. The Labute approximate surface area is 114 Å². The molecule has 19 heavy (non-hydrogen) atoms. The van der Waals surface area contributed by atoms with E-state index in [0.717, 1.165) is 19.5 Å². The Kier molecular flexibility index (Phi) is 4.10. The highest BCUT2D eigenvalue weighted by molar-refractivity contribution is 5.68. The molecule has 0 bridgehead atoms. The smallest absolute Gasteiger partial charge is 0.407 e. The van der Waals surface area contributed by atoms with Crippen LogP contribution in [0.2, 0.25) is 0 Å². The van der Waals surface area contributed by atoms with Crippen LogP contribution in [-0.2, 0) is 4.74 Å². The number of alkyl carbamates (subject to hydrolysis) is 1. The van der Waals surface area contributed by atoms with E-state index in [1.165, 1.54) is 12.7 Å². The lowest BCUT2D eigenvalue weighted by molar-refractivity contribution is 0.155. The van der Waals surface area contributed by atoms with Crippen molar-refractivity contribution in [3.63, 3.8) is 0 Å². The van der Waals surface area contributed by atoms with Gasteiger partial charge in [0.1, 0.15) is 0 Å². The number of amides is 1. The Morgan fingerprint density at radius 1 is 1.42 bits per heavy atom. The van der Waals surface area contributed by atoms with Gasteiger partial charge in [-0.25, -0.2) is 4.79 Å². The van der Waals surface area contributed by atoms with E-state index in [9.17, 15) is 4.79 Å². The Hall–Kier alpha value is -1.55. The maximum atomic E-state index is 11.4. The highest BCUT2D eigenvalue weighted by atomic mass is 16.5. The zero-order chi connectivity index (χ0) is 13.9. The average Bonchev–Trinajstić information content (AvgIpc) is 2.81. The van der Waals surface area contributed by atoms with E-state index in [-0.39, 0.29) is 11.6 Å². The molecule has 1 heterocycles. The molecular formula is C15H22N2O2. The number of nitrogens with one attached hydrogen (secondary N) is 1. The molecule has 4 heteroatoms. The van der Waals surface area contributed by atoms with Gasteiger partial charge in [-0.2, -0.15) is 0 Å². The average molecular weight is 262 g/mol. The quantitative estimate of drug-likeness (QED) is 0.910. The van der Waals surface area contributed by atoms with Crippen molar-refractivity contribution >= 4 is 6.09 Å². The van der Waals surface area contributed by atoms with Gasteiger partial charge < -0.3 is 10.1 Å². The molecule has 2 atom stereocenters. The third-order valence-corrected chi connectivity index (χ3v) is 3.92. The maximum absolute atomic E-state index is 11.4. The van der Waals surface area contributed by atoms with Crippen molar-refractivity contribution < 1.29 is 9.53 Å². The van der Waals surface area contributed by atoms with Gasteiger partial charge in [0.25, 0.3) is 0 Å². The first-order valence-corrected chi connectivity index (χ1v) is 6.69. The van der Waals surface area contributed by atoms with Gasteiger partial charge in [-0.15, -0.1) is 0 Å². The number of hydrogen-bond donors (Lipinski definition) is 1. The number of rotatable bonds is 3. The van der Waals surface area contributed by atoms with Crippen LogP contribution >= 0.6 is 0 Å². The van der Waals surface area contributed by atoms with Crippen molar-refractivity contribution in [3.8, 4) is 0 Å². The summed E-state index contributed by atoms with van der Waals surface area (Å²) < 4.78 is 4.69. The summed E-state index contributed by atoms with van der Waals surface area (Å²) in [5.41, 5.74) is 1.11. The minimum absolute atomic E-state index is 0.198. The van der Waals surface area contributed by atoms with Crippen LogP contribution in [0.15, 0.2) is 30.3 Å². The zero-order valence-electron chi connectivity index (χ0n) is 11.8. The van der Waals surface area contributed by atoms with Crippen LogP contribution in [0.4, 0.5) is 4.79 Å². The van der Waals surface area contributed by atoms with Crippen molar-refractivity contribution in [3.05, 3.63) is 35.9 Å². The molecule has 2 rings (SSSR count). The Balaban J connectivity index is 2.00.